The lowest BCUT2D eigenvalue weighted by molar-refractivity contribution is 0.0692. The third-order valence-electron chi connectivity index (χ3n) is 3.79. The fourth-order valence-electron chi connectivity index (χ4n) is 2.59. The topological polar surface area (TPSA) is 70.5 Å². The highest BCUT2D eigenvalue weighted by Crippen LogP contribution is 2.19. The van der Waals surface area contributed by atoms with Crippen molar-refractivity contribution in [3.63, 3.8) is 0 Å². The molecule has 1 aliphatic carbocycles. The second kappa shape index (κ2) is 6.52. The summed E-state index contributed by atoms with van der Waals surface area (Å²) in [6.45, 7) is 2.30. The monoisotopic (exact) mass is 288 g/mol. The van der Waals surface area contributed by atoms with E-state index in [1.807, 2.05) is 0 Å². The number of nitrogens with zero attached hydrogens (tertiary/aromatic N) is 2. The Labute approximate surface area is 124 Å². The van der Waals surface area contributed by atoms with Crippen molar-refractivity contribution in [1.82, 2.24) is 9.88 Å². The second-order valence-electron chi connectivity index (χ2n) is 5.47. The predicted molar refractivity (Wildman–Crippen MR) is 79.4 cm³/mol. The van der Waals surface area contributed by atoms with Gasteiger partial charge in [0, 0.05) is 13.6 Å². The van der Waals surface area contributed by atoms with Crippen molar-refractivity contribution in [1.29, 1.82) is 0 Å². The van der Waals surface area contributed by atoms with Crippen LogP contribution in [0, 0.1) is 12.8 Å². The van der Waals surface area contributed by atoms with Crippen LogP contribution in [0.4, 0.5) is 0 Å². The minimum Gasteiger partial charge on any atom is -0.478 e. The number of aromatic nitrogens is 1. The smallest absolute Gasteiger partial charge is 0.337 e. The summed E-state index contributed by atoms with van der Waals surface area (Å²) in [5.74, 6) is -0.700. The molecular weight excluding hydrogens is 268 g/mol. The number of carbonyl (C=O) groups excluding carboxylic acids is 1. The van der Waals surface area contributed by atoms with Gasteiger partial charge < -0.3 is 10.0 Å². The molecule has 1 N–H and O–H groups in total. The van der Waals surface area contributed by atoms with Crippen molar-refractivity contribution >= 4 is 11.9 Å². The summed E-state index contributed by atoms with van der Waals surface area (Å²) in [5.41, 5.74) is 0.792. The number of aromatic carboxylic acids is 1. The van der Waals surface area contributed by atoms with Crippen LogP contribution in [-0.4, -0.2) is 40.5 Å². The Morgan fingerprint density at radius 3 is 2.71 bits per heavy atom. The van der Waals surface area contributed by atoms with Gasteiger partial charge >= 0.3 is 5.97 Å². The minimum absolute atomic E-state index is 0.131. The lowest BCUT2D eigenvalue weighted by atomic mass is 9.94. The molecule has 0 fully saturated rings. The average molecular weight is 288 g/mol. The summed E-state index contributed by atoms with van der Waals surface area (Å²) >= 11 is 0. The minimum atomic E-state index is -1.03. The van der Waals surface area contributed by atoms with Crippen LogP contribution in [0.3, 0.4) is 0 Å². The van der Waals surface area contributed by atoms with E-state index in [-0.39, 0.29) is 11.5 Å². The first-order valence-corrected chi connectivity index (χ1v) is 7.10. The maximum atomic E-state index is 12.3. The largest absolute Gasteiger partial charge is 0.478 e. The molecule has 0 saturated carbocycles. The second-order valence-corrected chi connectivity index (χ2v) is 5.47. The summed E-state index contributed by atoms with van der Waals surface area (Å²) < 4.78 is 0. The van der Waals surface area contributed by atoms with Crippen molar-refractivity contribution in [2.75, 3.05) is 13.6 Å². The van der Waals surface area contributed by atoms with Crippen LogP contribution in [0.15, 0.2) is 24.3 Å². The molecule has 2 rings (SSSR count). The van der Waals surface area contributed by atoms with Crippen molar-refractivity contribution in [3.05, 3.63) is 41.2 Å². The molecule has 1 unspecified atom stereocenters. The Kier molecular flexibility index (Phi) is 4.73. The van der Waals surface area contributed by atoms with Gasteiger partial charge in [-0.3, -0.25) is 4.79 Å². The number of allylic oxidation sites excluding steroid dienone is 2. The van der Waals surface area contributed by atoms with Crippen LogP contribution in [0.1, 0.15) is 45.8 Å². The average Bonchev–Trinajstić information content (AvgIpc) is 2.47. The zero-order valence-corrected chi connectivity index (χ0v) is 12.4. The van der Waals surface area contributed by atoms with E-state index < -0.39 is 5.97 Å². The molecule has 1 aromatic heterocycles. The first-order chi connectivity index (χ1) is 9.99. The van der Waals surface area contributed by atoms with Gasteiger partial charge in [0.25, 0.3) is 5.91 Å². The molecule has 5 heteroatoms. The number of carboxylic acid groups (broad SMARTS) is 1. The normalized spacial score (nSPS) is 17.5. The molecule has 0 spiro atoms. The Morgan fingerprint density at radius 1 is 1.38 bits per heavy atom. The van der Waals surface area contributed by atoms with Crippen molar-refractivity contribution in [2.45, 2.75) is 26.2 Å². The molecule has 1 heterocycles. The molecule has 0 bridgehead atoms. The third-order valence-corrected chi connectivity index (χ3v) is 3.79. The number of aryl methyl sites for hydroxylation is 1. The number of rotatable bonds is 4. The SMILES string of the molecule is Cc1nc(C(=O)N(C)CC2CC=CCC2)ccc1C(=O)O. The standard InChI is InChI=1S/C16H20N2O3/c1-11-13(16(20)21)8-9-14(17-11)15(19)18(2)10-12-6-4-3-5-7-12/h3-4,8-9,12H,5-7,10H2,1-2H3,(H,20,21). The van der Waals surface area contributed by atoms with E-state index >= 15 is 0 Å². The van der Waals surface area contributed by atoms with Crippen LogP contribution in [0.5, 0.6) is 0 Å². The van der Waals surface area contributed by atoms with Crippen LogP contribution in [0.2, 0.25) is 0 Å². The quantitative estimate of drug-likeness (QED) is 0.864. The van der Waals surface area contributed by atoms with E-state index in [1.54, 1.807) is 18.9 Å². The highest BCUT2D eigenvalue weighted by molar-refractivity contribution is 5.94. The van der Waals surface area contributed by atoms with Crippen LogP contribution >= 0.6 is 0 Å². The van der Waals surface area contributed by atoms with Crippen molar-refractivity contribution in [2.24, 2.45) is 5.92 Å². The van der Waals surface area contributed by atoms with Crippen molar-refractivity contribution < 1.29 is 14.7 Å². The van der Waals surface area contributed by atoms with E-state index in [4.69, 9.17) is 5.11 Å². The van der Waals surface area contributed by atoms with Crippen LogP contribution < -0.4 is 0 Å². The molecule has 1 aromatic rings. The highest BCUT2D eigenvalue weighted by Gasteiger charge is 2.19. The molecule has 0 radical (unpaired) electrons. The van der Waals surface area contributed by atoms with Gasteiger partial charge in [0.1, 0.15) is 5.69 Å². The number of hydrogen-bond acceptors (Lipinski definition) is 3. The number of hydrogen-bond donors (Lipinski definition) is 1. The van der Waals surface area contributed by atoms with Gasteiger partial charge in [-0.15, -0.1) is 0 Å². The van der Waals surface area contributed by atoms with Gasteiger partial charge in [-0.25, -0.2) is 9.78 Å². The molecule has 21 heavy (non-hydrogen) atoms. The van der Waals surface area contributed by atoms with Gasteiger partial charge in [0.15, 0.2) is 0 Å². The predicted octanol–water partition coefficient (Wildman–Crippen LogP) is 2.52. The molecule has 0 aliphatic heterocycles. The highest BCUT2D eigenvalue weighted by atomic mass is 16.4. The van der Waals surface area contributed by atoms with E-state index in [0.717, 1.165) is 19.3 Å². The van der Waals surface area contributed by atoms with Crippen LogP contribution in [-0.2, 0) is 0 Å². The molecule has 112 valence electrons. The molecule has 1 amide bonds. The third kappa shape index (κ3) is 3.68. The molecular formula is C16H20N2O3. The van der Waals surface area contributed by atoms with E-state index in [2.05, 4.69) is 17.1 Å². The zero-order valence-electron chi connectivity index (χ0n) is 12.4. The number of amides is 1. The van der Waals surface area contributed by atoms with Gasteiger partial charge in [0.2, 0.25) is 0 Å². The Balaban J connectivity index is 2.06. The Hall–Kier alpha value is -2.17. The number of carboxylic acids is 1. The van der Waals surface area contributed by atoms with Gasteiger partial charge in [-0.2, -0.15) is 0 Å². The van der Waals surface area contributed by atoms with Gasteiger partial charge in [-0.05, 0) is 44.2 Å². The molecule has 1 aliphatic rings. The maximum absolute atomic E-state index is 12.3. The Morgan fingerprint density at radius 2 is 2.14 bits per heavy atom. The molecule has 0 aromatic carbocycles. The summed E-state index contributed by atoms with van der Waals surface area (Å²) in [6.07, 6.45) is 7.50. The molecule has 0 saturated heterocycles. The summed E-state index contributed by atoms with van der Waals surface area (Å²) in [7, 11) is 1.77. The van der Waals surface area contributed by atoms with Gasteiger partial charge in [-0.1, -0.05) is 12.2 Å². The molecule has 1 atom stereocenters. The van der Waals surface area contributed by atoms with Crippen molar-refractivity contribution in [3.8, 4) is 0 Å². The van der Waals surface area contributed by atoms with Gasteiger partial charge in [0.05, 0.1) is 11.3 Å². The summed E-state index contributed by atoms with van der Waals surface area (Å²) in [6, 6.07) is 2.92. The first-order valence-electron chi connectivity index (χ1n) is 7.10. The van der Waals surface area contributed by atoms with Crippen LogP contribution in [0.25, 0.3) is 0 Å². The number of pyridine rings is 1. The maximum Gasteiger partial charge on any atom is 0.337 e. The zero-order chi connectivity index (χ0) is 15.4. The fraction of sp³-hybridized carbons (Fsp3) is 0.438. The Bertz CT molecular complexity index is 581. The summed E-state index contributed by atoms with van der Waals surface area (Å²) in [4.78, 5) is 29.1. The van der Waals surface area contributed by atoms with E-state index in [9.17, 15) is 9.59 Å². The lowest BCUT2D eigenvalue weighted by Crippen LogP contribution is -2.33. The van der Waals surface area contributed by atoms with E-state index in [0.29, 0.717) is 23.9 Å². The van der Waals surface area contributed by atoms with E-state index in [1.165, 1.54) is 12.1 Å². The summed E-state index contributed by atoms with van der Waals surface area (Å²) in [5, 5.41) is 8.98. The number of carbonyl (C=O) groups is 2. The first kappa shape index (κ1) is 15.2. The lowest BCUT2D eigenvalue weighted by Gasteiger charge is -2.24. The molecule has 5 nitrogen and oxygen atoms in total. The fourth-order valence-corrected chi connectivity index (χ4v) is 2.59.